The minimum Gasteiger partial charge on any atom is -0.321 e. The smallest absolute Gasteiger partial charge is 0.293 e. The van der Waals surface area contributed by atoms with Gasteiger partial charge in [-0.3, -0.25) is 14.9 Å². The standard InChI is InChI=1S/C10H10N6O3/c1-6(17)11-8-4-3-7(5-9(8)16(18)19)10-12-13-14-15(10)2/h3-5H,1-2H3,(H,11,17). The number of hydrogen-bond donors (Lipinski definition) is 1. The second-order valence-electron chi connectivity index (χ2n) is 3.80. The Labute approximate surface area is 107 Å². The van der Waals surface area contributed by atoms with Crippen molar-refractivity contribution in [1.82, 2.24) is 20.2 Å². The van der Waals surface area contributed by atoms with E-state index >= 15 is 0 Å². The average Bonchev–Trinajstić information content (AvgIpc) is 2.75. The third-order valence-corrected chi connectivity index (χ3v) is 2.38. The van der Waals surface area contributed by atoms with Crippen LogP contribution in [0.5, 0.6) is 0 Å². The molecule has 2 rings (SSSR count). The Hall–Kier alpha value is -2.84. The van der Waals surface area contributed by atoms with Gasteiger partial charge in [0.2, 0.25) is 5.91 Å². The lowest BCUT2D eigenvalue weighted by atomic mass is 10.1. The lowest BCUT2D eigenvalue weighted by Crippen LogP contribution is -2.08. The fraction of sp³-hybridized carbons (Fsp3) is 0.200. The van der Waals surface area contributed by atoms with Crippen LogP contribution in [0, 0.1) is 10.1 Å². The number of nitrogens with one attached hydrogen (secondary N) is 1. The number of benzene rings is 1. The molecule has 0 radical (unpaired) electrons. The van der Waals surface area contributed by atoms with Crippen molar-refractivity contribution in [2.75, 3.05) is 5.32 Å². The molecule has 0 spiro atoms. The number of carbonyl (C=O) groups is 1. The molecule has 9 nitrogen and oxygen atoms in total. The zero-order valence-corrected chi connectivity index (χ0v) is 10.2. The van der Waals surface area contributed by atoms with E-state index in [1.807, 2.05) is 0 Å². The van der Waals surface area contributed by atoms with Crippen LogP contribution in [0.2, 0.25) is 0 Å². The van der Waals surface area contributed by atoms with E-state index in [9.17, 15) is 14.9 Å². The van der Waals surface area contributed by atoms with E-state index in [-0.39, 0.29) is 17.3 Å². The highest BCUT2D eigenvalue weighted by Gasteiger charge is 2.18. The van der Waals surface area contributed by atoms with Crippen molar-refractivity contribution in [3.05, 3.63) is 28.3 Å². The molecule has 1 N–H and O–H groups in total. The summed E-state index contributed by atoms with van der Waals surface area (Å²) in [5, 5.41) is 24.3. The first-order valence-corrected chi connectivity index (χ1v) is 5.28. The molecule has 0 atom stereocenters. The molecule has 0 fully saturated rings. The van der Waals surface area contributed by atoms with Gasteiger partial charge in [-0.05, 0) is 22.6 Å². The second-order valence-corrected chi connectivity index (χ2v) is 3.80. The van der Waals surface area contributed by atoms with Crippen molar-refractivity contribution < 1.29 is 9.72 Å². The van der Waals surface area contributed by atoms with Crippen LogP contribution in [-0.2, 0) is 11.8 Å². The first-order valence-electron chi connectivity index (χ1n) is 5.28. The number of amides is 1. The van der Waals surface area contributed by atoms with Crippen molar-refractivity contribution >= 4 is 17.3 Å². The molecule has 0 saturated heterocycles. The highest BCUT2D eigenvalue weighted by molar-refractivity contribution is 5.91. The van der Waals surface area contributed by atoms with Gasteiger partial charge in [-0.15, -0.1) is 5.10 Å². The Balaban J connectivity index is 2.51. The van der Waals surface area contributed by atoms with Crippen molar-refractivity contribution in [1.29, 1.82) is 0 Å². The van der Waals surface area contributed by atoms with E-state index in [4.69, 9.17) is 0 Å². The number of anilines is 1. The minimum absolute atomic E-state index is 0.136. The Morgan fingerprint density at radius 2 is 2.21 bits per heavy atom. The summed E-state index contributed by atoms with van der Waals surface area (Å²) in [4.78, 5) is 21.4. The topological polar surface area (TPSA) is 116 Å². The molecule has 98 valence electrons. The summed E-state index contributed by atoms with van der Waals surface area (Å²) in [6, 6.07) is 4.37. The van der Waals surface area contributed by atoms with Crippen molar-refractivity contribution in [2.45, 2.75) is 6.92 Å². The lowest BCUT2D eigenvalue weighted by Gasteiger charge is -2.05. The van der Waals surface area contributed by atoms with E-state index in [1.54, 1.807) is 13.1 Å². The maximum atomic E-state index is 11.0. The molecule has 0 bridgehead atoms. The maximum absolute atomic E-state index is 11.0. The van der Waals surface area contributed by atoms with Crippen molar-refractivity contribution in [2.24, 2.45) is 7.05 Å². The van der Waals surface area contributed by atoms with Gasteiger partial charge in [0.25, 0.3) is 5.69 Å². The van der Waals surface area contributed by atoms with Crippen LogP contribution in [-0.4, -0.2) is 31.0 Å². The molecule has 1 heterocycles. The fourth-order valence-corrected chi connectivity index (χ4v) is 1.59. The monoisotopic (exact) mass is 262 g/mol. The van der Waals surface area contributed by atoms with Gasteiger partial charge in [0.15, 0.2) is 5.82 Å². The maximum Gasteiger partial charge on any atom is 0.293 e. The minimum atomic E-state index is -0.571. The van der Waals surface area contributed by atoms with Crippen LogP contribution in [0.1, 0.15) is 6.92 Å². The molecule has 0 unspecified atom stereocenters. The number of nitrogens with zero attached hydrogens (tertiary/aromatic N) is 5. The van der Waals surface area contributed by atoms with Gasteiger partial charge in [0.1, 0.15) is 5.69 Å². The van der Waals surface area contributed by atoms with E-state index in [0.29, 0.717) is 11.4 Å². The van der Waals surface area contributed by atoms with Gasteiger partial charge in [-0.2, -0.15) is 0 Å². The van der Waals surface area contributed by atoms with E-state index < -0.39 is 4.92 Å². The molecule has 19 heavy (non-hydrogen) atoms. The molecular weight excluding hydrogens is 252 g/mol. The summed E-state index contributed by atoms with van der Waals surface area (Å²) in [6.45, 7) is 1.28. The number of aromatic nitrogens is 4. The van der Waals surface area contributed by atoms with E-state index in [0.717, 1.165) is 0 Å². The predicted molar refractivity (Wildman–Crippen MR) is 65.2 cm³/mol. The summed E-state index contributed by atoms with van der Waals surface area (Å²) in [7, 11) is 1.63. The zero-order chi connectivity index (χ0) is 14.0. The summed E-state index contributed by atoms with van der Waals surface area (Å²) in [6.07, 6.45) is 0. The lowest BCUT2D eigenvalue weighted by molar-refractivity contribution is -0.383. The van der Waals surface area contributed by atoms with Crippen LogP contribution >= 0.6 is 0 Å². The van der Waals surface area contributed by atoms with Gasteiger partial charge in [-0.1, -0.05) is 0 Å². The number of aryl methyl sites for hydroxylation is 1. The third-order valence-electron chi connectivity index (χ3n) is 2.38. The third kappa shape index (κ3) is 2.54. The molecular formula is C10H10N6O3. The zero-order valence-electron chi connectivity index (χ0n) is 10.2. The van der Waals surface area contributed by atoms with Crippen molar-refractivity contribution in [3.63, 3.8) is 0 Å². The number of tetrazole rings is 1. The van der Waals surface area contributed by atoms with Crippen LogP contribution in [0.25, 0.3) is 11.4 Å². The van der Waals surface area contributed by atoms with Gasteiger partial charge in [0.05, 0.1) is 4.92 Å². The summed E-state index contributed by atoms with van der Waals surface area (Å²) < 4.78 is 1.40. The molecule has 1 aromatic carbocycles. The molecule has 0 aliphatic carbocycles. The molecule has 9 heteroatoms. The summed E-state index contributed by atoms with van der Waals surface area (Å²) in [5.74, 6) is 0.0219. The SMILES string of the molecule is CC(=O)Nc1ccc(-c2nnnn2C)cc1[N+](=O)[O-]. The molecule has 0 aliphatic heterocycles. The Morgan fingerprint density at radius 1 is 1.47 bits per heavy atom. The largest absolute Gasteiger partial charge is 0.321 e. The van der Waals surface area contributed by atoms with Gasteiger partial charge in [-0.25, -0.2) is 4.68 Å². The molecule has 0 aliphatic rings. The van der Waals surface area contributed by atoms with E-state index in [2.05, 4.69) is 20.8 Å². The van der Waals surface area contributed by atoms with Gasteiger partial charge in [0, 0.05) is 25.6 Å². The van der Waals surface area contributed by atoms with Crippen LogP contribution < -0.4 is 5.32 Å². The second kappa shape index (κ2) is 4.80. The highest BCUT2D eigenvalue weighted by atomic mass is 16.6. The number of rotatable bonds is 3. The van der Waals surface area contributed by atoms with E-state index in [1.165, 1.54) is 23.7 Å². The Kier molecular flexibility index (Phi) is 3.19. The average molecular weight is 262 g/mol. The number of hydrogen-bond acceptors (Lipinski definition) is 6. The summed E-state index contributed by atoms with van der Waals surface area (Å²) >= 11 is 0. The summed E-state index contributed by atoms with van der Waals surface area (Å²) in [5.41, 5.74) is 0.417. The number of carbonyl (C=O) groups excluding carboxylic acids is 1. The molecule has 1 amide bonds. The predicted octanol–water partition coefficient (Wildman–Crippen LogP) is 0.744. The van der Waals surface area contributed by atoms with Crippen molar-refractivity contribution in [3.8, 4) is 11.4 Å². The molecule has 1 aromatic heterocycles. The van der Waals surface area contributed by atoms with Crippen LogP contribution in [0.15, 0.2) is 18.2 Å². The van der Waals surface area contributed by atoms with Crippen LogP contribution in [0.3, 0.4) is 0 Å². The quantitative estimate of drug-likeness (QED) is 0.644. The van der Waals surface area contributed by atoms with Gasteiger partial charge >= 0.3 is 0 Å². The van der Waals surface area contributed by atoms with Crippen LogP contribution in [0.4, 0.5) is 11.4 Å². The highest BCUT2D eigenvalue weighted by Crippen LogP contribution is 2.29. The Morgan fingerprint density at radius 3 is 2.74 bits per heavy atom. The number of nitro benzene ring substituents is 1. The molecule has 0 saturated carbocycles. The van der Waals surface area contributed by atoms with Gasteiger partial charge < -0.3 is 5.32 Å². The normalized spacial score (nSPS) is 10.2. The first-order chi connectivity index (χ1) is 8.99. The number of nitro groups is 1. The molecule has 2 aromatic rings. The first kappa shape index (κ1) is 12.6. The Bertz CT molecular complexity index is 650. The fourth-order valence-electron chi connectivity index (χ4n) is 1.59.